The third-order valence-corrected chi connectivity index (χ3v) is 7.99. The lowest BCUT2D eigenvalue weighted by Crippen LogP contribution is -2.40. The van der Waals surface area contributed by atoms with Crippen LogP contribution in [-0.2, 0) is 19.2 Å². The summed E-state index contributed by atoms with van der Waals surface area (Å²) in [5.74, 6) is -1.15. The van der Waals surface area contributed by atoms with Crippen molar-refractivity contribution in [2.24, 2.45) is 0 Å². The van der Waals surface area contributed by atoms with Gasteiger partial charge in [0.25, 0.3) is 0 Å². The van der Waals surface area contributed by atoms with E-state index in [1.165, 1.54) is 0 Å². The molecule has 1 atom stereocenters. The molecule has 0 aliphatic heterocycles. The normalized spacial score (nSPS) is 15.7. The lowest BCUT2D eigenvalue weighted by molar-refractivity contribution is -0.120. The third kappa shape index (κ3) is 6.22. The van der Waals surface area contributed by atoms with Crippen LogP contribution in [0.4, 0.5) is 13.2 Å². The second-order valence-electron chi connectivity index (χ2n) is 4.73. The molecule has 5 nitrogen and oxygen atoms in total. The van der Waals surface area contributed by atoms with Crippen LogP contribution in [0.5, 0.6) is 0 Å². The van der Waals surface area contributed by atoms with Crippen molar-refractivity contribution in [1.29, 1.82) is 0 Å². The molecule has 120 valence electrons. The van der Waals surface area contributed by atoms with E-state index >= 15 is 0 Å². The Morgan fingerprint density at radius 2 is 1.85 bits per heavy atom. The van der Waals surface area contributed by atoms with Crippen LogP contribution in [0.1, 0.15) is 26.2 Å². The number of carbonyl (C=O) groups is 1. The average Bonchev–Trinajstić information content (AvgIpc) is 2.27. The fourth-order valence-electron chi connectivity index (χ4n) is 1.74. The van der Waals surface area contributed by atoms with E-state index in [2.05, 4.69) is 0 Å². The zero-order valence-electron chi connectivity index (χ0n) is 11.7. The van der Waals surface area contributed by atoms with Gasteiger partial charge in [0.15, 0.2) is 8.32 Å². The molecule has 0 aromatic heterocycles. The molecule has 0 bridgehead atoms. The maximum absolute atomic E-state index is 12.0. The number of halogens is 3. The SMILES string of the molecule is CCC[Si](C)(CCCC(=O)NS(=O)(=O)C(F)(F)F)OC. The molecule has 1 N–H and O–H groups in total. The van der Waals surface area contributed by atoms with Crippen LogP contribution in [-0.4, -0.2) is 35.3 Å². The molecule has 0 spiro atoms. The van der Waals surface area contributed by atoms with E-state index in [0.29, 0.717) is 12.5 Å². The molecule has 0 radical (unpaired) electrons. The lowest BCUT2D eigenvalue weighted by Gasteiger charge is -2.24. The number of alkyl halides is 3. The maximum Gasteiger partial charge on any atom is 0.516 e. The fourth-order valence-corrected chi connectivity index (χ4v) is 4.90. The Labute approximate surface area is 118 Å². The van der Waals surface area contributed by atoms with Gasteiger partial charge in [-0.25, -0.2) is 4.72 Å². The van der Waals surface area contributed by atoms with E-state index in [9.17, 15) is 26.4 Å². The lowest BCUT2D eigenvalue weighted by atomic mass is 10.3. The van der Waals surface area contributed by atoms with E-state index < -0.39 is 29.8 Å². The Morgan fingerprint density at radius 1 is 1.30 bits per heavy atom. The van der Waals surface area contributed by atoms with Crippen molar-refractivity contribution < 1.29 is 30.8 Å². The smallest absolute Gasteiger partial charge is 0.420 e. The van der Waals surface area contributed by atoms with Gasteiger partial charge in [-0.05, 0) is 25.1 Å². The summed E-state index contributed by atoms with van der Waals surface area (Å²) in [6.45, 7) is 3.97. The van der Waals surface area contributed by atoms with Crippen molar-refractivity contribution >= 4 is 24.2 Å². The van der Waals surface area contributed by atoms with Crippen LogP contribution in [0.15, 0.2) is 0 Å². The number of amides is 1. The predicted molar refractivity (Wildman–Crippen MR) is 70.9 cm³/mol. The van der Waals surface area contributed by atoms with Crippen molar-refractivity contribution in [1.82, 2.24) is 4.72 Å². The van der Waals surface area contributed by atoms with Gasteiger partial charge in [0.05, 0.1) is 0 Å². The molecule has 0 saturated heterocycles. The molecule has 0 aromatic carbocycles. The summed E-state index contributed by atoms with van der Waals surface area (Å²) in [4.78, 5) is 11.2. The number of sulfonamides is 1. The number of carbonyl (C=O) groups excluding carboxylic acids is 1. The van der Waals surface area contributed by atoms with Crippen LogP contribution in [0, 0.1) is 0 Å². The quantitative estimate of drug-likeness (QED) is 0.691. The summed E-state index contributed by atoms with van der Waals surface area (Å²) in [7, 11) is -5.96. The summed E-state index contributed by atoms with van der Waals surface area (Å²) < 4.78 is 64.0. The molecule has 0 heterocycles. The Bertz CT molecular complexity index is 427. The van der Waals surface area contributed by atoms with Gasteiger partial charge in [0.2, 0.25) is 5.91 Å². The van der Waals surface area contributed by atoms with Crippen LogP contribution in [0.2, 0.25) is 18.6 Å². The van der Waals surface area contributed by atoms with Gasteiger partial charge >= 0.3 is 15.5 Å². The minimum Gasteiger partial charge on any atom is -0.420 e. The highest BCUT2D eigenvalue weighted by Crippen LogP contribution is 2.23. The summed E-state index contributed by atoms with van der Waals surface area (Å²) >= 11 is 0. The van der Waals surface area contributed by atoms with Crippen molar-refractivity contribution in [2.75, 3.05) is 7.11 Å². The van der Waals surface area contributed by atoms with Gasteiger partial charge in [-0.15, -0.1) is 0 Å². The molecule has 0 fully saturated rings. The molecule has 0 aliphatic rings. The van der Waals surface area contributed by atoms with Crippen LogP contribution < -0.4 is 4.72 Å². The molecule has 1 amide bonds. The third-order valence-electron chi connectivity index (χ3n) is 2.93. The molecule has 20 heavy (non-hydrogen) atoms. The first-order chi connectivity index (χ1) is 8.97. The minimum absolute atomic E-state index is 0.273. The summed E-state index contributed by atoms with van der Waals surface area (Å²) in [6, 6.07) is 1.47. The van der Waals surface area contributed by atoms with Gasteiger partial charge in [-0.3, -0.25) is 4.79 Å². The Kier molecular flexibility index (Phi) is 7.18. The van der Waals surface area contributed by atoms with Gasteiger partial charge < -0.3 is 4.43 Å². The minimum atomic E-state index is -5.60. The summed E-state index contributed by atoms with van der Waals surface area (Å²) in [6.07, 6.45) is 0.950. The molecule has 1 unspecified atom stereocenters. The molecule has 0 aliphatic carbocycles. The number of nitrogens with one attached hydrogen (secondary N) is 1. The summed E-state index contributed by atoms with van der Waals surface area (Å²) in [5.41, 5.74) is -5.47. The molecular formula is C10H20F3NO4SSi. The van der Waals surface area contributed by atoms with E-state index in [0.717, 1.165) is 17.2 Å². The van der Waals surface area contributed by atoms with Gasteiger partial charge in [-0.2, -0.15) is 21.6 Å². The van der Waals surface area contributed by atoms with E-state index in [1.54, 1.807) is 7.11 Å². The number of hydrogen-bond donors (Lipinski definition) is 1. The zero-order chi connectivity index (χ0) is 16.0. The number of rotatable bonds is 8. The Morgan fingerprint density at radius 3 is 2.25 bits per heavy atom. The first kappa shape index (κ1) is 19.4. The van der Waals surface area contributed by atoms with Crippen molar-refractivity contribution in [3.63, 3.8) is 0 Å². The maximum atomic E-state index is 12.0. The largest absolute Gasteiger partial charge is 0.516 e. The molecule has 0 rings (SSSR count). The highest BCUT2D eigenvalue weighted by molar-refractivity contribution is 7.90. The Hall–Kier alpha value is -0.613. The van der Waals surface area contributed by atoms with Gasteiger partial charge in [0.1, 0.15) is 0 Å². The van der Waals surface area contributed by atoms with E-state index in [1.807, 2.05) is 13.5 Å². The molecule has 0 saturated carbocycles. The number of hydrogen-bond acceptors (Lipinski definition) is 4. The first-order valence-electron chi connectivity index (χ1n) is 6.14. The highest BCUT2D eigenvalue weighted by atomic mass is 32.2. The van der Waals surface area contributed by atoms with Crippen LogP contribution in [0.25, 0.3) is 0 Å². The van der Waals surface area contributed by atoms with E-state index in [-0.39, 0.29) is 6.42 Å². The fraction of sp³-hybridized carbons (Fsp3) is 0.900. The van der Waals surface area contributed by atoms with Crippen LogP contribution >= 0.6 is 0 Å². The highest BCUT2D eigenvalue weighted by Gasteiger charge is 2.46. The van der Waals surface area contributed by atoms with Crippen LogP contribution in [0.3, 0.4) is 0 Å². The van der Waals surface area contributed by atoms with E-state index in [4.69, 9.17) is 4.43 Å². The van der Waals surface area contributed by atoms with Gasteiger partial charge in [0, 0.05) is 13.5 Å². The average molecular weight is 335 g/mol. The van der Waals surface area contributed by atoms with Crippen molar-refractivity contribution in [2.45, 2.75) is 50.3 Å². The van der Waals surface area contributed by atoms with Gasteiger partial charge in [-0.1, -0.05) is 13.3 Å². The summed E-state index contributed by atoms with van der Waals surface area (Å²) in [5, 5.41) is 0. The monoisotopic (exact) mass is 335 g/mol. The molecular weight excluding hydrogens is 315 g/mol. The first-order valence-corrected chi connectivity index (χ1v) is 10.4. The second kappa shape index (κ2) is 7.41. The van der Waals surface area contributed by atoms with Crippen molar-refractivity contribution in [3.05, 3.63) is 0 Å². The zero-order valence-corrected chi connectivity index (χ0v) is 13.5. The molecule has 0 aromatic rings. The predicted octanol–water partition coefficient (Wildman–Crippen LogP) is 2.36. The second-order valence-corrected chi connectivity index (χ2v) is 10.7. The van der Waals surface area contributed by atoms with Crippen molar-refractivity contribution in [3.8, 4) is 0 Å². The Balaban J connectivity index is 4.33. The topological polar surface area (TPSA) is 72.5 Å². The standard InChI is InChI=1S/C10H20F3NO4SSi/c1-4-7-20(3,18-2)8-5-6-9(15)14-19(16,17)10(11,12)13/h4-8H2,1-3H3,(H,14,15). The molecule has 10 heteroatoms.